The van der Waals surface area contributed by atoms with Gasteiger partial charge in [-0.15, -0.1) is 0 Å². The van der Waals surface area contributed by atoms with Gasteiger partial charge in [0.05, 0.1) is 12.6 Å². The van der Waals surface area contributed by atoms with Crippen LogP contribution in [0.1, 0.15) is 52.1 Å². The molecular formula is C28H25ClFN3O3. The topological polar surface area (TPSA) is 78.5 Å². The lowest BCUT2D eigenvalue weighted by molar-refractivity contribution is 0.0730. The van der Waals surface area contributed by atoms with Crippen molar-refractivity contribution in [3.63, 3.8) is 0 Å². The molecule has 8 heteroatoms. The minimum Gasteiger partial charge on any atom is -0.507 e. The lowest BCUT2D eigenvalue weighted by Gasteiger charge is -2.27. The largest absolute Gasteiger partial charge is 0.507 e. The van der Waals surface area contributed by atoms with Crippen LogP contribution in [0.2, 0.25) is 5.02 Å². The Morgan fingerprint density at radius 2 is 1.94 bits per heavy atom. The van der Waals surface area contributed by atoms with Crippen molar-refractivity contribution in [3.8, 4) is 22.8 Å². The number of hydrogen-bond donors (Lipinski definition) is 2. The molecule has 0 aliphatic carbocycles. The molecule has 0 saturated carbocycles. The first-order valence-electron chi connectivity index (χ1n) is 11.7. The van der Waals surface area contributed by atoms with Crippen molar-refractivity contribution < 1.29 is 19.0 Å². The number of rotatable bonds is 7. The molecule has 0 saturated heterocycles. The van der Waals surface area contributed by atoms with Gasteiger partial charge in [0.25, 0.3) is 5.91 Å². The number of carbonyl (C=O) groups excluding carboxylic acids is 1. The normalized spacial score (nSPS) is 14.8. The van der Waals surface area contributed by atoms with Crippen LogP contribution in [0.25, 0.3) is 11.3 Å². The van der Waals surface area contributed by atoms with Gasteiger partial charge in [0.1, 0.15) is 28.7 Å². The monoisotopic (exact) mass is 505 g/mol. The Morgan fingerprint density at radius 1 is 1.17 bits per heavy atom. The predicted octanol–water partition coefficient (Wildman–Crippen LogP) is 6.42. The number of phenolic OH excluding ortho intramolecular Hbond substituents is 1. The molecule has 0 fully saturated rings. The third-order valence-electron chi connectivity index (χ3n) is 6.31. The molecule has 1 aliphatic heterocycles. The van der Waals surface area contributed by atoms with Gasteiger partial charge in [-0.25, -0.2) is 4.39 Å². The van der Waals surface area contributed by atoms with E-state index in [1.807, 2.05) is 31.2 Å². The quantitative estimate of drug-likeness (QED) is 0.304. The Kier molecular flexibility index (Phi) is 6.41. The molecule has 1 aromatic heterocycles. The van der Waals surface area contributed by atoms with Crippen molar-refractivity contribution in [2.24, 2.45) is 0 Å². The lowest BCUT2D eigenvalue weighted by Crippen LogP contribution is -2.29. The Labute approximate surface area is 213 Å². The highest BCUT2D eigenvalue weighted by molar-refractivity contribution is 6.31. The molecule has 36 heavy (non-hydrogen) atoms. The van der Waals surface area contributed by atoms with Gasteiger partial charge in [-0.1, -0.05) is 42.8 Å². The van der Waals surface area contributed by atoms with Gasteiger partial charge in [-0.3, -0.25) is 9.89 Å². The van der Waals surface area contributed by atoms with Crippen LogP contribution >= 0.6 is 11.6 Å². The van der Waals surface area contributed by atoms with Crippen LogP contribution in [-0.4, -0.2) is 32.7 Å². The van der Waals surface area contributed by atoms with Crippen molar-refractivity contribution in [2.45, 2.75) is 32.9 Å². The summed E-state index contributed by atoms with van der Waals surface area (Å²) in [5.74, 6) is 0.139. The fourth-order valence-electron chi connectivity index (χ4n) is 4.55. The number of ether oxygens (including phenoxy) is 1. The molecule has 184 valence electrons. The molecule has 4 aromatic rings. The van der Waals surface area contributed by atoms with Crippen molar-refractivity contribution in [3.05, 3.63) is 99.5 Å². The van der Waals surface area contributed by atoms with Crippen LogP contribution in [0.5, 0.6) is 11.5 Å². The Morgan fingerprint density at radius 3 is 2.69 bits per heavy atom. The SMILES string of the molecule is CCCOc1cccc(C2c3c(-c4cc(Cl)c(C)cc4O)n[nH]c3C(=O)N2Cc2ccc(F)cc2)c1. The van der Waals surface area contributed by atoms with Gasteiger partial charge >= 0.3 is 0 Å². The maximum Gasteiger partial charge on any atom is 0.273 e. The molecule has 1 unspecified atom stereocenters. The summed E-state index contributed by atoms with van der Waals surface area (Å²) in [7, 11) is 0. The van der Waals surface area contributed by atoms with E-state index >= 15 is 0 Å². The van der Waals surface area contributed by atoms with Crippen LogP contribution in [0.15, 0.2) is 60.7 Å². The number of fused-ring (bicyclic) bond motifs is 1. The number of aromatic amines is 1. The number of carbonyl (C=O) groups is 1. The van der Waals surface area contributed by atoms with E-state index in [0.29, 0.717) is 39.9 Å². The molecule has 2 heterocycles. The van der Waals surface area contributed by atoms with E-state index in [9.17, 15) is 14.3 Å². The standard InChI is InChI=1S/C28H25ClFN3O3/c1-3-11-36-20-6-4-5-18(13-20)27-24-25(21-14-22(29)16(2)12-23(21)34)31-32-26(24)28(35)33(27)15-17-7-9-19(30)10-8-17/h4-10,12-14,27,34H,3,11,15H2,1-2H3,(H,31,32). The Hall–Kier alpha value is -3.84. The van der Waals surface area contributed by atoms with Gasteiger partial charge in [-0.05, 0) is 66.4 Å². The smallest absolute Gasteiger partial charge is 0.273 e. The van der Waals surface area contributed by atoms with Crippen molar-refractivity contribution in [1.82, 2.24) is 15.1 Å². The van der Waals surface area contributed by atoms with E-state index < -0.39 is 6.04 Å². The molecule has 3 aromatic carbocycles. The molecule has 5 rings (SSSR count). The predicted molar refractivity (Wildman–Crippen MR) is 136 cm³/mol. The minimum atomic E-state index is -0.518. The Bertz CT molecular complexity index is 1430. The number of aromatic hydroxyl groups is 1. The van der Waals surface area contributed by atoms with E-state index in [0.717, 1.165) is 23.1 Å². The number of amides is 1. The molecule has 0 bridgehead atoms. The van der Waals surface area contributed by atoms with Gasteiger partial charge in [0, 0.05) is 22.7 Å². The zero-order chi connectivity index (χ0) is 25.4. The fraction of sp³-hybridized carbons (Fsp3) is 0.214. The number of halogens is 2. The molecular weight excluding hydrogens is 481 g/mol. The number of hydrogen-bond acceptors (Lipinski definition) is 4. The van der Waals surface area contributed by atoms with Crippen LogP contribution < -0.4 is 4.74 Å². The van der Waals surface area contributed by atoms with Crippen molar-refractivity contribution in [1.29, 1.82) is 0 Å². The maximum atomic E-state index is 13.6. The first-order chi connectivity index (χ1) is 17.4. The number of H-pyrrole nitrogens is 1. The fourth-order valence-corrected chi connectivity index (χ4v) is 4.71. The number of aryl methyl sites for hydroxylation is 1. The molecule has 0 radical (unpaired) electrons. The summed E-state index contributed by atoms with van der Waals surface area (Å²) < 4.78 is 19.4. The van der Waals surface area contributed by atoms with Crippen LogP contribution in [0, 0.1) is 12.7 Å². The zero-order valence-electron chi connectivity index (χ0n) is 19.9. The molecule has 1 aliphatic rings. The molecule has 1 amide bonds. The molecule has 0 spiro atoms. The molecule has 6 nitrogen and oxygen atoms in total. The second-order valence-corrected chi connectivity index (χ2v) is 9.27. The lowest BCUT2D eigenvalue weighted by atomic mass is 9.95. The van der Waals surface area contributed by atoms with Gasteiger partial charge < -0.3 is 14.7 Å². The summed E-state index contributed by atoms with van der Waals surface area (Å²) >= 11 is 6.38. The number of phenols is 1. The summed E-state index contributed by atoms with van der Waals surface area (Å²) in [6.07, 6.45) is 0.867. The second kappa shape index (κ2) is 9.66. The van der Waals surface area contributed by atoms with E-state index in [1.165, 1.54) is 12.1 Å². The highest BCUT2D eigenvalue weighted by atomic mass is 35.5. The van der Waals surface area contributed by atoms with Crippen LogP contribution in [0.4, 0.5) is 4.39 Å². The number of benzene rings is 3. The van der Waals surface area contributed by atoms with Gasteiger partial charge in [-0.2, -0.15) is 5.10 Å². The molecule has 1 atom stereocenters. The summed E-state index contributed by atoms with van der Waals surface area (Å²) in [5, 5.41) is 18.5. The first kappa shape index (κ1) is 23.9. The summed E-state index contributed by atoms with van der Waals surface area (Å²) in [6, 6.07) is 16.4. The highest BCUT2D eigenvalue weighted by Crippen LogP contribution is 2.46. The number of nitrogens with zero attached hydrogens (tertiary/aromatic N) is 2. The van der Waals surface area contributed by atoms with Crippen molar-refractivity contribution in [2.75, 3.05) is 6.61 Å². The van der Waals surface area contributed by atoms with E-state index in [1.54, 1.807) is 36.1 Å². The average molecular weight is 506 g/mol. The summed E-state index contributed by atoms with van der Waals surface area (Å²) in [5.41, 5.74) is 4.22. The van der Waals surface area contributed by atoms with Crippen molar-refractivity contribution >= 4 is 17.5 Å². The third-order valence-corrected chi connectivity index (χ3v) is 6.72. The number of aromatic nitrogens is 2. The minimum absolute atomic E-state index is 0.0226. The summed E-state index contributed by atoms with van der Waals surface area (Å²) in [4.78, 5) is 15.3. The van der Waals surface area contributed by atoms with E-state index in [2.05, 4.69) is 10.2 Å². The van der Waals surface area contributed by atoms with Crippen LogP contribution in [-0.2, 0) is 6.54 Å². The summed E-state index contributed by atoms with van der Waals surface area (Å²) in [6.45, 7) is 4.67. The maximum absolute atomic E-state index is 13.6. The van der Waals surface area contributed by atoms with E-state index in [4.69, 9.17) is 16.3 Å². The van der Waals surface area contributed by atoms with Gasteiger partial charge in [0.15, 0.2) is 0 Å². The average Bonchev–Trinajstić information content (AvgIpc) is 3.40. The number of nitrogens with one attached hydrogen (secondary N) is 1. The molecule has 2 N–H and O–H groups in total. The zero-order valence-corrected chi connectivity index (χ0v) is 20.6. The first-order valence-corrected chi connectivity index (χ1v) is 12.1. The van der Waals surface area contributed by atoms with E-state index in [-0.39, 0.29) is 24.0 Å². The highest BCUT2D eigenvalue weighted by Gasteiger charge is 2.42. The third kappa shape index (κ3) is 4.31. The second-order valence-electron chi connectivity index (χ2n) is 8.86. The Balaban J connectivity index is 1.65. The van der Waals surface area contributed by atoms with Gasteiger partial charge in [0.2, 0.25) is 0 Å². The van der Waals surface area contributed by atoms with Crippen LogP contribution in [0.3, 0.4) is 0 Å².